The van der Waals surface area contributed by atoms with Gasteiger partial charge in [-0.3, -0.25) is 0 Å². The highest BCUT2D eigenvalue weighted by Crippen LogP contribution is 2.25. The Morgan fingerprint density at radius 2 is 2.12 bits per heavy atom. The molecule has 1 nitrogen and oxygen atoms in total. The second kappa shape index (κ2) is 6.41. The Hall–Kier alpha value is -0.540. The van der Waals surface area contributed by atoms with Crippen molar-refractivity contribution in [2.45, 2.75) is 37.5 Å². The Morgan fingerprint density at radius 1 is 1.35 bits per heavy atom. The highest BCUT2D eigenvalue weighted by atomic mass is 32.2. The van der Waals surface area contributed by atoms with Crippen LogP contribution >= 0.6 is 11.8 Å². The van der Waals surface area contributed by atoms with Gasteiger partial charge in [0.15, 0.2) is 0 Å². The summed E-state index contributed by atoms with van der Waals surface area (Å²) in [7, 11) is 0. The summed E-state index contributed by atoms with van der Waals surface area (Å²) in [5.41, 5.74) is 1.16. The lowest BCUT2D eigenvalue weighted by Gasteiger charge is -2.23. The monoisotopic (exact) mass is 253 g/mol. The van der Waals surface area contributed by atoms with Crippen molar-refractivity contribution in [2.24, 2.45) is 0 Å². The van der Waals surface area contributed by atoms with Gasteiger partial charge in [-0.2, -0.15) is 11.8 Å². The first-order valence-electron chi connectivity index (χ1n) is 6.36. The van der Waals surface area contributed by atoms with Gasteiger partial charge in [0.05, 0.1) is 0 Å². The standard InChI is InChI=1S/C14H20FNS/c1-11(12-5-7-13(15)8-6-12)16-10-14-4-2-3-9-17-14/h5-8,11,14,16H,2-4,9-10H2,1H3. The molecule has 0 spiro atoms. The molecule has 1 aromatic carbocycles. The maximum Gasteiger partial charge on any atom is 0.123 e. The molecule has 2 rings (SSSR count). The zero-order valence-corrected chi connectivity index (χ0v) is 11.1. The molecule has 0 aliphatic carbocycles. The van der Waals surface area contributed by atoms with Crippen LogP contribution in [0.5, 0.6) is 0 Å². The van der Waals surface area contributed by atoms with E-state index in [1.54, 1.807) is 0 Å². The fourth-order valence-electron chi connectivity index (χ4n) is 2.15. The Kier molecular flexibility index (Phi) is 4.86. The van der Waals surface area contributed by atoms with Crippen LogP contribution in [0.15, 0.2) is 24.3 Å². The largest absolute Gasteiger partial charge is 0.309 e. The van der Waals surface area contributed by atoms with E-state index in [9.17, 15) is 4.39 Å². The molecule has 1 N–H and O–H groups in total. The van der Waals surface area contributed by atoms with Crippen LogP contribution in [0.3, 0.4) is 0 Å². The maximum atomic E-state index is 12.8. The Balaban J connectivity index is 1.80. The minimum absolute atomic E-state index is 0.163. The highest BCUT2D eigenvalue weighted by molar-refractivity contribution is 7.99. The molecule has 1 saturated heterocycles. The van der Waals surface area contributed by atoms with E-state index in [0.717, 1.165) is 17.4 Å². The molecule has 1 aliphatic rings. The average Bonchev–Trinajstić information content (AvgIpc) is 2.38. The lowest BCUT2D eigenvalue weighted by molar-refractivity contribution is 0.537. The first kappa shape index (κ1) is 12.9. The van der Waals surface area contributed by atoms with Crippen molar-refractivity contribution in [2.75, 3.05) is 12.3 Å². The molecule has 0 aromatic heterocycles. The zero-order valence-electron chi connectivity index (χ0n) is 10.3. The fourth-order valence-corrected chi connectivity index (χ4v) is 3.40. The SMILES string of the molecule is CC(NCC1CCCCS1)c1ccc(F)cc1. The molecule has 0 bridgehead atoms. The van der Waals surface area contributed by atoms with Gasteiger partial charge in [-0.05, 0) is 43.2 Å². The molecule has 0 amide bonds. The minimum atomic E-state index is -0.163. The van der Waals surface area contributed by atoms with Gasteiger partial charge in [-0.15, -0.1) is 0 Å². The molecular weight excluding hydrogens is 233 g/mol. The summed E-state index contributed by atoms with van der Waals surface area (Å²) in [5.74, 6) is 1.14. The van der Waals surface area contributed by atoms with Crippen molar-refractivity contribution in [3.05, 3.63) is 35.6 Å². The van der Waals surface area contributed by atoms with Crippen molar-refractivity contribution in [3.8, 4) is 0 Å². The number of benzene rings is 1. The van der Waals surface area contributed by atoms with Gasteiger partial charge >= 0.3 is 0 Å². The second-order valence-electron chi connectivity index (χ2n) is 4.67. The third-order valence-electron chi connectivity index (χ3n) is 3.30. The first-order valence-corrected chi connectivity index (χ1v) is 7.41. The van der Waals surface area contributed by atoms with Crippen LogP contribution in [-0.4, -0.2) is 17.5 Å². The molecule has 0 radical (unpaired) electrons. The van der Waals surface area contributed by atoms with Gasteiger partial charge in [-0.25, -0.2) is 4.39 Å². The number of hydrogen-bond acceptors (Lipinski definition) is 2. The highest BCUT2D eigenvalue weighted by Gasteiger charge is 2.14. The van der Waals surface area contributed by atoms with Crippen LogP contribution in [0.25, 0.3) is 0 Å². The van der Waals surface area contributed by atoms with Crippen LogP contribution in [0.4, 0.5) is 4.39 Å². The number of hydrogen-bond donors (Lipinski definition) is 1. The second-order valence-corrected chi connectivity index (χ2v) is 6.08. The quantitative estimate of drug-likeness (QED) is 0.877. The predicted molar refractivity (Wildman–Crippen MR) is 72.9 cm³/mol. The smallest absolute Gasteiger partial charge is 0.123 e. The molecule has 3 heteroatoms. The minimum Gasteiger partial charge on any atom is -0.309 e. The van der Waals surface area contributed by atoms with Gasteiger partial charge in [0.1, 0.15) is 5.82 Å². The summed E-state index contributed by atoms with van der Waals surface area (Å²) in [4.78, 5) is 0. The van der Waals surface area contributed by atoms with E-state index < -0.39 is 0 Å². The number of halogens is 1. The molecular formula is C14H20FNS. The average molecular weight is 253 g/mol. The molecule has 1 aromatic rings. The molecule has 17 heavy (non-hydrogen) atoms. The topological polar surface area (TPSA) is 12.0 Å². The fraction of sp³-hybridized carbons (Fsp3) is 0.571. The Morgan fingerprint density at radius 3 is 2.76 bits per heavy atom. The lowest BCUT2D eigenvalue weighted by Crippen LogP contribution is -2.28. The van der Waals surface area contributed by atoms with E-state index in [4.69, 9.17) is 0 Å². The number of thioether (sulfide) groups is 1. The van der Waals surface area contributed by atoms with Crippen LogP contribution in [0.1, 0.15) is 37.8 Å². The van der Waals surface area contributed by atoms with Crippen molar-refractivity contribution < 1.29 is 4.39 Å². The van der Waals surface area contributed by atoms with Crippen LogP contribution in [0, 0.1) is 5.82 Å². The van der Waals surface area contributed by atoms with Gasteiger partial charge in [0.25, 0.3) is 0 Å². The molecule has 2 atom stereocenters. The zero-order chi connectivity index (χ0) is 12.1. The van der Waals surface area contributed by atoms with Crippen LogP contribution in [-0.2, 0) is 0 Å². The normalized spacial score (nSPS) is 22.4. The number of rotatable bonds is 4. The molecule has 1 aliphatic heterocycles. The molecule has 1 fully saturated rings. The maximum absolute atomic E-state index is 12.8. The van der Waals surface area contributed by atoms with Gasteiger partial charge in [0.2, 0.25) is 0 Å². The summed E-state index contributed by atoms with van der Waals surface area (Å²) in [6.45, 7) is 3.20. The van der Waals surface area contributed by atoms with Gasteiger partial charge in [-0.1, -0.05) is 18.6 Å². The summed E-state index contributed by atoms with van der Waals surface area (Å²) in [6, 6.07) is 7.09. The van der Waals surface area contributed by atoms with Gasteiger partial charge in [0, 0.05) is 17.8 Å². The van der Waals surface area contributed by atoms with Crippen molar-refractivity contribution in [1.29, 1.82) is 0 Å². The summed E-state index contributed by atoms with van der Waals surface area (Å²) < 4.78 is 12.8. The Bertz CT molecular complexity index is 333. The third-order valence-corrected chi connectivity index (χ3v) is 4.69. The summed E-state index contributed by atoms with van der Waals surface area (Å²) in [5, 5.41) is 4.30. The van der Waals surface area contributed by atoms with E-state index in [0.29, 0.717) is 6.04 Å². The summed E-state index contributed by atoms with van der Waals surface area (Å²) >= 11 is 2.08. The molecule has 94 valence electrons. The van der Waals surface area contributed by atoms with Gasteiger partial charge < -0.3 is 5.32 Å². The number of nitrogens with one attached hydrogen (secondary N) is 1. The molecule has 0 saturated carbocycles. The van der Waals surface area contributed by atoms with E-state index in [1.165, 1.54) is 37.1 Å². The van der Waals surface area contributed by atoms with E-state index in [2.05, 4.69) is 24.0 Å². The van der Waals surface area contributed by atoms with E-state index >= 15 is 0 Å². The third kappa shape index (κ3) is 4.00. The lowest BCUT2D eigenvalue weighted by atomic mass is 10.1. The molecule has 1 heterocycles. The molecule has 2 unspecified atom stereocenters. The Labute approximate surface area is 107 Å². The van der Waals surface area contributed by atoms with Crippen molar-refractivity contribution >= 4 is 11.8 Å². The van der Waals surface area contributed by atoms with Crippen LogP contribution in [0.2, 0.25) is 0 Å². The van der Waals surface area contributed by atoms with Crippen molar-refractivity contribution in [3.63, 3.8) is 0 Å². The summed E-state index contributed by atoms with van der Waals surface area (Å²) in [6.07, 6.45) is 4.06. The predicted octanol–water partition coefficient (Wildman–Crippen LogP) is 3.76. The van der Waals surface area contributed by atoms with Crippen LogP contribution < -0.4 is 5.32 Å². The first-order chi connectivity index (χ1) is 8.25. The van der Waals surface area contributed by atoms with Crippen molar-refractivity contribution in [1.82, 2.24) is 5.32 Å². The van der Waals surface area contributed by atoms with E-state index in [-0.39, 0.29) is 5.82 Å². The van der Waals surface area contributed by atoms with E-state index in [1.807, 2.05) is 12.1 Å².